The average molecular weight is 346 g/mol. The summed E-state index contributed by atoms with van der Waals surface area (Å²) in [6, 6.07) is 1.90. The van der Waals surface area contributed by atoms with Crippen LogP contribution in [0.3, 0.4) is 0 Å². The summed E-state index contributed by atoms with van der Waals surface area (Å²) in [5.41, 5.74) is 1.30. The highest BCUT2D eigenvalue weighted by molar-refractivity contribution is 5.92. The number of hydrogen-bond acceptors (Lipinski definition) is 3. The minimum absolute atomic E-state index is 0.0492. The fourth-order valence-electron chi connectivity index (χ4n) is 3.98. The Morgan fingerprint density at radius 1 is 1.44 bits per heavy atom. The SMILES string of the molecule is CCCC1(C(=O)NC2CCN(C(=O)c3cc(C(C)C)[nH]n3)C2)CCC1. The lowest BCUT2D eigenvalue weighted by molar-refractivity contribution is -0.137. The molecule has 2 amide bonds. The molecule has 6 heteroatoms. The van der Waals surface area contributed by atoms with Gasteiger partial charge in [0.1, 0.15) is 5.69 Å². The van der Waals surface area contributed by atoms with Crippen LogP contribution in [0.2, 0.25) is 0 Å². The maximum absolute atomic E-state index is 12.7. The van der Waals surface area contributed by atoms with Gasteiger partial charge in [-0.2, -0.15) is 5.10 Å². The Morgan fingerprint density at radius 3 is 2.76 bits per heavy atom. The van der Waals surface area contributed by atoms with Crippen molar-refractivity contribution < 1.29 is 9.59 Å². The summed E-state index contributed by atoms with van der Waals surface area (Å²) >= 11 is 0. The van der Waals surface area contributed by atoms with E-state index in [1.165, 1.54) is 0 Å². The highest BCUT2D eigenvalue weighted by Crippen LogP contribution is 2.45. The van der Waals surface area contributed by atoms with Crippen LogP contribution >= 0.6 is 0 Å². The standard InChI is InChI=1S/C19H30N4O2/c1-4-7-19(8-5-9-19)18(25)20-14-6-10-23(12-14)17(24)16-11-15(13(2)3)21-22-16/h11,13-14H,4-10,12H2,1-3H3,(H,20,25)(H,21,22). The van der Waals surface area contributed by atoms with E-state index in [0.717, 1.165) is 44.2 Å². The van der Waals surface area contributed by atoms with Crippen LogP contribution in [0.25, 0.3) is 0 Å². The van der Waals surface area contributed by atoms with Crippen molar-refractivity contribution >= 4 is 11.8 Å². The molecule has 1 aliphatic carbocycles. The van der Waals surface area contributed by atoms with E-state index in [9.17, 15) is 9.59 Å². The van der Waals surface area contributed by atoms with E-state index in [1.807, 2.05) is 6.07 Å². The van der Waals surface area contributed by atoms with E-state index in [2.05, 4.69) is 36.3 Å². The molecule has 0 bridgehead atoms. The van der Waals surface area contributed by atoms with Gasteiger partial charge in [-0.15, -0.1) is 0 Å². The Kier molecular flexibility index (Phi) is 5.16. The first-order chi connectivity index (χ1) is 11.9. The second kappa shape index (κ2) is 7.18. The number of carbonyl (C=O) groups is 2. The van der Waals surface area contributed by atoms with Crippen molar-refractivity contribution in [1.82, 2.24) is 20.4 Å². The predicted octanol–water partition coefficient (Wildman–Crippen LogP) is 2.83. The molecule has 1 unspecified atom stereocenters. The van der Waals surface area contributed by atoms with Crippen LogP contribution in [0.1, 0.15) is 81.4 Å². The highest BCUT2D eigenvalue weighted by atomic mass is 16.2. The number of rotatable bonds is 6. The molecule has 1 aromatic rings. The van der Waals surface area contributed by atoms with Crippen LogP contribution in [-0.2, 0) is 4.79 Å². The molecule has 0 radical (unpaired) electrons. The number of amides is 2. The second-order valence-electron chi connectivity index (χ2n) is 7.96. The first-order valence-corrected chi connectivity index (χ1v) is 9.61. The third kappa shape index (κ3) is 3.58. The van der Waals surface area contributed by atoms with Crippen molar-refractivity contribution in [2.45, 2.75) is 71.3 Å². The van der Waals surface area contributed by atoms with Gasteiger partial charge in [0.05, 0.1) is 0 Å². The molecule has 1 saturated heterocycles. The molecule has 6 nitrogen and oxygen atoms in total. The fourth-order valence-corrected chi connectivity index (χ4v) is 3.98. The van der Waals surface area contributed by atoms with Crippen LogP contribution in [0.4, 0.5) is 0 Å². The summed E-state index contributed by atoms with van der Waals surface area (Å²) in [6.45, 7) is 7.52. The predicted molar refractivity (Wildman–Crippen MR) is 96.3 cm³/mol. The second-order valence-corrected chi connectivity index (χ2v) is 7.96. The number of hydrogen-bond donors (Lipinski definition) is 2. The molecule has 3 rings (SSSR count). The van der Waals surface area contributed by atoms with E-state index in [0.29, 0.717) is 24.7 Å². The normalized spacial score (nSPS) is 22.1. The van der Waals surface area contributed by atoms with Crippen molar-refractivity contribution in [3.05, 3.63) is 17.5 Å². The maximum Gasteiger partial charge on any atom is 0.274 e. The van der Waals surface area contributed by atoms with Crippen molar-refractivity contribution in [1.29, 1.82) is 0 Å². The molecule has 2 fully saturated rings. The Morgan fingerprint density at radius 2 is 2.20 bits per heavy atom. The third-order valence-corrected chi connectivity index (χ3v) is 5.77. The summed E-state index contributed by atoms with van der Waals surface area (Å²) in [7, 11) is 0. The monoisotopic (exact) mass is 346 g/mol. The number of likely N-dealkylation sites (tertiary alicyclic amines) is 1. The summed E-state index contributed by atoms with van der Waals surface area (Å²) in [4.78, 5) is 27.1. The fraction of sp³-hybridized carbons (Fsp3) is 0.737. The summed E-state index contributed by atoms with van der Waals surface area (Å²) in [6.07, 6.45) is 6.00. The van der Waals surface area contributed by atoms with Crippen molar-refractivity contribution in [2.75, 3.05) is 13.1 Å². The van der Waals surface area contributed by atoms with Crippen molar-refractivity contribution in [3.63, 3.8) is 0 Å². The van der Waals surface area contributed by atoms with Crippen LogP contribution in [0.15, 0.2) is 6.07 Å². The lowest BCUT2D eigenvalue weighted by Gasteiger charge is -2.41. The van der Waals surface area contributed by atoms with Crippen LogP contribution in [0.5, 0.6) is 0 Å². The molecule has 0 spiro atoms. The van der Waals surface area contributed by atoms with Crippen molar-refractivity contribution in [2.24, 2.45) is 5.41 Å². The van der Waals surface area contributed by atoms with E-state index < -0.39 is 0 Å². The van der Waals surface area contributed by atoms with E-state index in [1.54, 1.807) is 4.90 Å². The van der Waals surface area contributed by atoms with E-state index in [4.69, 9.17) is 0 Å². The molecule has 1 aromatic heterocycles. The van der Waals surface area contributed by atoms with Gasteiger partial charge in [-0.1, -0.05) is 33.6 Å². The molecule has 138 valence electrons. The number of H-pyrrole nitrogens is 1. The summed E-state index contributed by atoms with van der Waals surface area (Å²) in [5, 5.41) is 10.3. The molecule has 2 N–H and O–H groups in total. The minimum atomic E-state index is -0.138. The number of carbonyl (C=O) groups excluding carboxylic acids is 2. The van der Waals surface area contributed by atoms with Gasteiger partial charge < -0.3 is 10.2 Å². The molecule has 1 aliphatic heterocycles. The van der Waals surface area contributed by atoms with Gasteiger partial charge >= 0.3 is 0 Å². The van der Waals surface area contributed by atoms with E-state index in [-0.39, 0.29) is 23.3 Å². The largest absolute Gasteiger partial charge is 0.351 e. The van der Waals surface area contributed by atoms with Crippen molar-refractivity contribution in [3.8, 4) is 0 Å². The van der Waals surface area contributed by atoms with Gasteiger partial charge in [-0.05, 0) is 37.7 Å². The molecule has 2 heterocycles. The molecule has 0 aromatic carbocycles. The summed E-state index contributed by atoms with van der Waals surface area (Å²) < 4.78 is 0. The number of nitrogens with zero attached hydrogens (tertiary/aromatic N) is 2. The number of aromatic nitrogens is 2. The quantitative estimate of drug-likeness (QED) is 0.831. The minimum Gasteiger partial charge on any atom is -0.351 e. The van der Waals surface area contributed by atoms with E-state index >= 15 is 0 Å². The molecule has 1 saturated carbocycles. The first-order valence-electron chi connectivity index (χ1n) is 9.61. The highest BCUT2D eigenvalue weighted by Gasteiger charge is 2.44. The first kappa shape index (κ1) is 18.0. The molecule has 2 aliphatic rings. The van der Waals surface area contributed by atoms with Crippen LogP contribution < -0.4 is 5.32 Å². The smallest absolute Gasteiger partial charge is 0.274 e. The van der Waals surface area contributed by atoms with Gasteiger partial charge in [0.25, 0.3) is 5.91 Å². The van der Waals surface area contributed by atoms with Crippen LogP contribution in [-0.4, -0.2) is 46.0 Å². The Labute approximate surface area is 149 Å². The van der Waals surface area contributed by atoms with Gasteiger partial charge in [0.15, 0.2) is 0 Å². The molecular weight excluding hydrogens is 316 g/mol. The lowest BCUT2D eigenvalue weighted by Crippen LogP contribution is -2.49. The Balaban J connectivity index is 1.56. The zero-order valence-electron chi connectivity index (χ0n) is 15.6. The van der Waals surface area contributed by atoms with Crippen LogP contribution in [0, 0.1) is 5.41 Å². The molecule has 1 atom stereocenters. The van der Waals surface area contributed by atoms with Gasteiger partial charge in [-0.25, -0.2) is 0 Å². The Bertz CT molecular complexity index is 633. The van der Waals surface area contributed by atoms with Gasteiger partial charge in [-0.3, -0.25) is 14.7 Å². The summed E-state index contributed by atoms with van der Waals surface area (Å²) in [5.74, 6) is 0.463. The lowest BCUT2D eigenvalue weighted by atomic mass is 9.65. The zero-order valence-corrected chi connectivity index (χ0v) is 15.6. The van der Waals surface area contributed by atoms with Gasteiger partial charge in [0.2, 0.25) is 5.91 Å². The maximum atomic E-state index is 12.7. The zero-order chi connectivity index (χ0) is 18.0. The molecule has 25 heavy (non-hydrogen) atoms. The number of nitrogens with one attached hydrogen (secondary N) is 2. The average Bonchev–Trinajstić information content (AvgIpc) is 3.19. The number of aromatic amines is 1. The van der Waals surface area contributed by atoms with Gasteiger partial charge in [0, 0.05) is 30.2 Å². The topological polar surface area (TPSA) is 78.1 Å². The Hall–Kier alpha value is -1.85. The molecular formula is C19H30N4O2. The third-order valence-electron chi connectivity index (χ3n) is 5.77.